The van der Waals surface area contributed by atoms with E-state index in [0.29, 0.717) is 52.8 Å². The number of carbonyl (C=O) groups excluding carboxylic acids is 1. The van der Waals surface area contributed by atoms with E-state index in [1.54, 1.807) is 57.7 Å². The van der Waals surface area contributed by atoms with Crippen molar-refractivity contribution in [3.8, 4) is 28.7 Å². The monoisotopic (exact) mass is 532 g/mol. The number of ether oxygens (including phenoxy) is 4. The Labute approximate surface area is 230 Å². The molecule has 0 bridgehead atoms. The molecule has 8 nitrogen and oxygen atoms in total. The van der Waals surface area contributed by atoms with Crippen molar-refractivity contribution in [2.24, 2.45) is 0 Å². The molecule has 3 aromatic carbocycles. The summed E-state index contributed by atoms with van der Waals surface area (Å²) in [6.07, 6.45) is 1.77. The fourth-order valence-corrected chi connectivity index (χ4v) is 4.78. The Morgan fingerprint density at radius 1 is 0.846 bits per heavy atom. The SMILES string of the molecule is COc1ccc(/C=C(/C(=O)N2CCN(Cc3ccccc3C)CC2)c2cc(OC)c(OC)c(OC)c2)cc1O. The second kappa shape index (κ2) is 12.6. The molecule has 1 saturated heterocycles. The van der Waals surface area contributed by atoms with Gasteiger partial charge in [-0.15, -0.1) is 0 Å². The molecule has 206 valence electrons. The Hall–Kier alpha value is -4.17. The van der Waals surface area contributed by atoms with Gasteiger partial charge in [0, 0.05) is 38.3 Å². The van der Waals surface area contributed by atoms with Gasteiger partial charge in [-0.05, 0) is 59.5 Å². The number of aryl methyl sites for hydroxylation is 1. The molecule has 1 amide bonds. The lowest BCUT2D eigenvalue weighted by molar-refractivity contribution is -0.126. The molecule has 1 heterocycles. The van der Waals surface area contributed by atoms with E-state index in [2.05, 4.69) is 36.1 Å². The number of rotatable bonds is 9. The molecule has 0 aliphatic carbocycles. The van der Waals surface area contributed by atoms with Crippen LogP contribution < -0.4 is 18.9 Å². The molecule has 0 spiro atoms. The minimum Gasteiger partial charge on any atom is -0.504 e. The van der Waals surface area contributed by atoms with Gasteiger partial charge in [-0.1, -0.05) is 30.3 Å². The van der Waals surface area contributed by atoms with Crippen molar-refractivity contribution >= 4 is 17.6 Å². The number of piperazine rings is 1. The van der Waals surface area contributed by atoms with Gasteiger partial charge < -0.3 is 29.0 Å². The highest BCUT2D eigenvalue weighted by Crippen LogP contribution is 2.41. The van der Waals surface area contributed by atoms with Gasteiger partial charge in [0.15, 0.2) is 23.0 Å². The van der Waals surface area contributed by atoms with E-state index < -0.39 is 0 Å². The Morgan fingerprint density at radius 2 is 1.49 bits per heavy atom. The lowest BCUT2D eigenvalue weighted by Gasteiger charge is -2.35. The molecule has 1 aliphatic heterocycles. The van der Waals surface area contributed by atoms with Crippen LogP contribution in [0.25, 0.3) is 11.6 Å². The van der Waals surface area contributed by atoms with Crippen molar-refractivity contribution in [2.45, 2.75) is 13.5 Å². The molecule has 1 aliphatic rings. The third kappa shape index (κ3) is 6.29. The summed E-state index contributed by atoms with van der Waals surface area (Å²) < 4.78 is 21.8. The molecule has 39 heavy (non-hydrogen) atoms. The van der Waals surface area contributed by atoms with Crippen molar-refractivity contribution in [2.75, 3.05) is 54.6 Å². The fraction of sp³-hybridized carbons (Fsp3) is 0.323. The Kier molecular flexibility index (Phi) is 8.99. The molecule has 1 fully saturated rings. The van der Waals surface area contributed by atoms with Gasteiger partial charge in [0.2, 0.25) is 5.75 Å². The van der Waals surface area contributed by atoms with Gasteiger partial charge in [0.1, 0.15) is 0 Å². The summed E-state index contributed by atoms with van der Waals surface area (Å²) >= 11 is 0. The van der Waals surface area contributed by atoms with Crippen molar-refractivity contribution in [3.63, 3.8) is 0 Å². The zero-order valence-corrected chi connectivity index (χ0v) is 23.2. The average Bonchev–Trinajstić information content (AvgIpc) is 2.96. The van der Waals surface area contributed by atoms with E-state index in [1.165, 1.54) is 18.2 Å². The van der Waals surface area contributed by atoms with Crippen LogP contribution >= 0.6 is 0 Å². The third-order valence-corrected chi connectivity index (χ3v) is 7.03. The first-order valence-electron chi connectivity index (χ1n) is 12.8. The maximum Gasteiger partial charge on any atom is 0.254 e. The molecule has 0 saturated carbocycles. The number of phenolic OH excluding ortho intramolecular Hbond substituents is 1. The zero-order valence-electron chi connectivity index (χ0n) is 23.2. The van der Waals surface area contributed by atoms with Crippen molar-refractivity contribution in [1.29, 1.82) is 0 Å². The first-order valence-corrected chi connectivity index (χ1v) is 12.8. The van der Waals surface area contributed by atoms with Crippen LogP contribution in [0.15, 0.2) is 54.6 Å². The molecule has 0 aromatic heterocycles. The van der Waals surface area contributed by atoms with E-state index in [4.69, 9.17) is 18.9 Å². The van der Waals surface area contributed by atoms with Gasteiger partial charge in [-0.2, -0.15) is 0 Å². The van der Waals surface area contributed by atoms with E-state index >= 15 is 0 Å². The van der Waals surface area contributed by atoms with E-state index in [0.717, 1.165) is 19.6 Å². The summed E-state index contributed by atoms with van der Waals surface area (Å²) in [6.45, 7) is 5.72. The highest BCUT2D eigenvalue weighted by molar-refractivity contribution is 6.24. The van der Waals surface area contributed by atoms with Gasteiger partial charge in [0.05, 0.1) is 28.4 Å². The highest BCUT2D eigenvalue weighted by Gasteiger charge is 2.26. The molecular weight excluding hydrogens is 496 g/mol. The molecule has 0 atom stereocenters. The Balaban J connectivity index is 1.65. The number of carbonyl (C=O) groups is 1. The summed E-state index contributed by atoms with van der Waals surface area (Å²) in [5.41, 5.74) is 4.29. The summed E-state index contributed by atoms with van der Waals surface area (Å²) in [7, 11) is 6.12. The smallest absolute Gasteiger partial charge is 0.254 e. The number of methoxy groups -OCH3 is 4. The van der Waals surface area contributed by atoms with Crippen LogP contribution in [0.3, 0.4) is 0 Å². The summed E-state index contributed by atoms with van der Waals surface area (Å²) in [5.74, 6) is 1.58. The minimum absolute atomic E-state index is 0.00670. The van der Waals surface area contributed by atoms with E-state index in [9.17, 15) is 9.90 Å². The van der Waals surface area contributed by atoms with E-state index in [1.807, 2.05) is 4.90 Å². The maximum atomic E-state index is 14.0. The summed E-state index contributed by atoms with van der Waals surface area (Å²) in [5, 5.41) is 10.4. The third-order valence-electron chi connectivity index (χ3n) is 7.03. The quantitative estimate of drug-likeness (QED) is 0.318. The first kappa shape index (κ1) is 27.9. The molecule has 4 rings (SSSR count). The number of hydrogen-bond donors (Lipinski definition) is 1. The number of amides is 1. The van der Waals surface area contributed by atoms with Gasteiger partial charge >= 0.3 is 0 Å². The lowest BCUT2D eigenvalue weighted by atomic mass is 9.99. The normalized spacial score (nSPS) is 14.2. The largest absolute Gasteiger partial charge is 0.504 e. The standard InChI is InChI=1S/C31H36N2O6/c1-21-8-6-7-9-23(21)20-32-12-14-33(15-13-32)31(35)25(16-22-10-11-27(36-2)26(34)17-22)24-18-28(37-3)30(39-5)29(19-24)38-4/h6-11,16-19,34H,12-15,20H2,1-5H3/b25-16+. The summed E-state index contributed by atoms with van der Waals surface area (Å²) in [4.78, 5) is 18.3. The molecule has 8 heteroatoms. The molecule has 0 radical (unpaired) electrons. The molecule has 0 unspecified atom stereocenters. The predicted octanol–water partition coefficient (Wildman–Crippen LogP) is 4.62. The van der Waals surface area contributed by atoms with Crippen LogP contribution in [0.2, 0.25) is 0 Å². The van der Waals surface area contributed by atoms with E-state index in [-0.39, 0.29) is 11.7 Å². The second-order valence-electron chi connectivity index (χ2n) is 9.40. The average molecular weight is 533 g/mol. The van der Waals surface area contributed by atoms with Crippen LogP contribution in [0.4, 0.5) is 0 Å². The fourth-order valence-electron chi connectivity index (χ4n) is 4.78. The first-order chi connectivity index (χ1) is 18.9. The van der Waals surface area contributed by atoms with Gasteiger partial charge in [-0.25, -0.2) is 0 Å². The summed E-state index contributed by atoms with van der Waals surface area (Å²) in [6, 6.07) is 17.0. The molecule has 3 aromatic rings. The number of benzene rings is 3. The van der Waals surface area contributed by atoms with Crippen LogP contribution in [-0.2, 0) is 11.3 Å². The Bertz CT molecular complexity index is 1320. The molecule has 1 N–H and O–H groups in total. The Morgan fingerprint density at radius 3 is 2.05 bits per heavy atom. The van der Waals surface area contributed by atoms with Crippen LogP contribution in [-0.4, -0.2) is 75.4 Å². The maximum absolute atomic E-state index is 14.0. The predicted molar refractivity (Wildman–Crippen MR) is 152 cm³/mol. The number of nitrogens with zero attached hydrogens (tertiary/aromatic N) is 2. The highest BCUT2D eigenvalue weighted by atomic mass is 16.5. The minimum atomic E-state index is -0.116. The second-order valence-corrected chi connectivity index (χ2v) is 9.40. The van der Waals surface area contributed by atoms with Crippen molar-refractivity contribution < 1.29 is 28.8 Å². The van der Waals surface area contributed by atoms with Crippen LogP contribution in [0, 0.1) is 6.92 Å². The van der Waals surface area contributed by atoms with Crippen LogP contribution in [0.5, 0.6) is 28.7 Å². The lowest BCUT2D eigenvalue weighted by Crippen LogP contribution is -2.48. The van der Waals surface area contributed by atoms with Gasteiger partial charge in [-0.3, -0.25) is 9.69 Å². The van der Waals surface area contributed by atoms with Crippen LogP contribution in [0.1, 0.15) is 22.3 Å². The van der Waals surface area contributed by atoms with Gasteiger partial charge in [0.25, 0.3) is 5.91 Å². The number of aromatic hydroxyl groups is 1. The molecular formula is C31H36N2O6. The zero-order chi connectivity index (χ0) is 27.9. The number of phenols is 1. The topological polar surface area (TPSA) is 80.7 Å². The van der Waals surface area contributed by atoms with Crippen molar-refractivity contribution in [3.05, 3.63) is 76.9 Å². The van der Waals surface area contributed by atoms with Crippen molar-refractivity contribution in [1.82, 2.24) is 9.80 Å². The number of hydrogen-bond acceptors (Lipinski definition) is 7.